The second-order valence-electron chi connectivity index (χ2n) is 4.33. The zero-order valence-corrected chi connectivity index (χ0v) is 11.4. The van der Waals surface area contributed by atoms with Crippen molar-refractivity contribution >= 4 is 17.3 Å². The van der Waals surface area contributed by atoms with Crippen LogP contribution in [0.2, 0.25) is 0 Å². The van der Waals surface area contributed by atoms with E-state index in [1.54, 1.807) is 55.6 Å². The number of hydrogen-bond donors (Lipinski definition) is 1. The molecule has 0 saturated carbocycles. The van der Waals surface area contributed by atoms with Gasteiger partial charge in [0.15, 0.2) is 0 Å². The highest BCUT2D eigenvalue weighted by molar-refractivity contribution is 5.71. The molecule has 0 aliphatic rings. The van der Waals surface area contributed by atoms with Crippen LogP contribution in [0, 0.1) is 4.91 Å². The first-order chi connectivity index (χ1) is 10.1. The minimum absolute atomic E-state index is 0.0582. The lowest BCUT2D eigenvalue weighted by molar-refractivity contribution is -0.136. The van der Waals surface area contributed by atoms with Crippen molar-refractivity contribution in [3.63, 3.8) is 0 Å². The summed E-state index contributed by atoms with van der Waals surface area (Å²) in [5.74, 6) is -0.218. The van der Waals surface area contributed by atoms with Gasteiger partial charge in [-0.25, -0.2) is 0 Å². The lowest BCUT2D eigenvalue weighted by atomic mass is 10.1. The molecule has 0 fully saturated rings. The number of hydrogen-bond acceptors (Lipinski definition) is 4. The summed E-state index contributed by atoms with van der Waals surface area (Å²) in [5, 5.41) is 13.0. The molecule has 2 aromatic carbocycles. The van der Waals surface area contributed by atoms with Gasteiger partial charge in [-0.05, 0) is 42.0 Å². The summed E-state index contributed by atoms with van der Waals surface area (Å²) < 4.78 is 5.06. The van der Waals surface area contributed by atoms with Crippen molar-refractivity contribution in [3.05, 3.63) is 59.0 Å². The maximum absolute atomic E-state index is 11.1. The molecule has 0 amide bonds. The summed E-state index contributed by atoms with van der Waals surface area (Å²) in [7, 11) is 1.56. The van der Waals surface area contributed by atoms with Crippen molar-refractivity contribution < 1.29 is 14.6 Å². The Morgan fingerprint density at radius 1 is 1.10 bits per heavy atom. The van der Waals surface area contributed by atoms with Crippen LogP contribution in [-0.4, -0.2) is 18.2 Å². The average molecular weight is 286 g/mol. The Labute approximate surface area is 121 Å². The summed E-state index contributed by atoms with van der Waals surface area (Å²) in [6, 6.07) is 13.5. The van der Waals surface area contributed by atoms with Gasteiger partial charge in [0.25, 0.3) is 0 Å². The van der Waals surface area contributed by atoms with Crippen LogP contribution in [-0.2, 0) is 11.2 Å². The van der Waals surface area contributed by atoms with Crippen molar-refractivity contribution in [1.29, 1.82) is 0 Å². The number of nitrogens with zero attached hydrogens (tertiary/aromatic N) is 2. The van der Waals surface area contributed by atoms with E-state index in [4.69, 9.17) is 9.84 Å². The number of carboxylic acid groups (broad SMARTS) is 1. The van der Waals surface area contributed by atoms with Crippen LogP contribution in [0.3, 0.4) is 0 Å². The Morgan fingerprint density at radius 3 is 2.05 bits per heavy atom. The minimum Gasteiger partial charge on any atom is -0.497 e. The molecule has 21 heavy (non-hydrogen) atoms. The first-order valence-electron chi connectivity index (χ1n) is 6.22. The normalized spacial score (nSPS) is 9.95. The van der Waals surface area contributed by atoms with Crippen molar-refractivity contribution in [3.8, 4) is 5.75 Å². The lowest BCUT2D eigenvalue weighted by Gasteiger charge is -2.16. The van der Waals surface area contributed by atoms with Crippen LogP contribution in [0.5, 0.6) is 5.75 Å². The Hall–Kier alpha value is -2.89. The largest absolute Gasteiger partial charge is 0.497 e. The van der Waals surface area contributed by atoms with E-state index >= 15 is 0 Å². The minimum atomic E-state index is -0.900. The Kier molecular flexibility index (Phi) is 4.50. The first-order valence-corrected chi connectivity index (χ1v) is 6.22. The van der Waals surface area contributed by atoms with Crippen molar-refractivity contribution in [2.75, 3.05) is 12.1 Å². The van der Waals surface area contributed by atoms with Crippen LogP contribution in [0.25, 0.3) is 0 Å². The number of rotatable bonds is 6. The molecule has 2 rings (SSSR count). The van der Waals surface area contributed by atoms with Gasteiger partial charge in [-0.15, -0.1) is 4.91 Å². The molecule has 0 heterocycles. The van der Waals surface area contributed by atoms with Crippen LogP contribution >= 0.6 is 0 Å². The molecule has 0 aliphatic heterocycles. The third-order valence-electron chi connectivity index (χ3n) is 2.93. The number of nitroso groups, excluding NO2 is 1. The second kappa shape index (κ2) is 6.51. The van der Waals surface area contributed by atoms with Crippen molar-refractivity contribution in [2.45, 2.75) is 6.42 Å². The molecule has 0 spiro atoms. The highest BCUT2D eigenvalue weighted by Crippen LogP contribution is 2.27. The summed E-state index contributed by atoms with van der Waals surface area (Å²) in [4.78, 5) is 21.7. The molecule has 6 nitrogen and oxygen atoms in total. The molecule has 0 unspecified atom stereocenters. The summed E-state index contributed by atoms with van der Waals surface area (Å²) in [6.45, 7) is 0. The molecule has 108 valence electrons. The fourth-order valence-electron chi connectivity index (χ4n) is 1.90. The molecule has 6 heteroatoms. The van der Waals surface area contributed by atoms with Gasteiger partial charge in [-0.3, -0.25) is 4.79 Å². The third-order valence-corrected chi connectivity index (χ3v) is 2.93. The highest BCUT2D eigenvalue weighted by atomic mass is 16.5. The number of carboxylic acids is 1. The zero-order chi connectivity index (χ0) is 15.2. The molecule has 0 radical (unpaired) electrons. The van der Waals surface area contributed by atoms with Crippen LogP contribution in [0.4, 0.5) is 11.4 Å². The summed E-state index contributed by atoms with van der Waals surface area (Å²) >= 11 is 0. The average Bonchev–Trinajstić information content (AvgIpc) is 2.50. The maximum atomic E-state index is 11.1. The van der Waals surface area contributed by atoms with E-state index in [1.807, 2.05) is 0 Å². The Balaban J connectivity index is 2.23. The molecule has 0 aromatic heterocycles. The van der Waals surface area contributed by atoms with Gasteiger partial charge in [0.05, 0.1) is 30.2 Å². The number of benzene rings is 2. The van der Waals surface area contributed by atoms with E-state index in [9.17, 15) is 9.70 Å². The fraction of sp³-hybridized carbons (Fsp3) is 0.133. The molecule has 0 bridgehead atoms. The van der Waals surface area contributed by atoms with E-state index in [1.165, 1.54) is 5.01 Å². The molecule has 2 aromatic rings. The first kappa shape index (κ1) is 14.5. The quantitative estimate of drug-likeness (QED) is 0.652. The number of carbonyl (C=O) groups is 1. The third kappa shape index (κ3) is 3.56. The predicted molar refractivity (Wildman–Crippen MR) is 78.7 cm³/mol. The summed E-state index contributed by atoms with van der Waals surface area (Å²) in [6.07, 6.45) is -0.0582. The van der Waals surface area contributed by atoms with Crippen LogP contribution in [0.15, 0.2) is 53.8 Å². The summed E-state index contributed by atoms with van der Waals surface area (Å²) in [5.41, 5.74) is 1.81. The molecular weight excluding hydrogens is 272 g/mol. The SMILES string of the molecule is COc1ccc(N(N=O)c2ccc(CC(=O)O)cc2)cc1. The van der Waals surface area contributed by atoms with Gasteiger partial charge in [-0.1, -0.05) is 12.1 Å². The van der Waals surface area contributed by atoms with Crippen LogP contribution in [0.1, 0.15) is 5.56 Å². The van der Waals surface area contributed by atoms with Gasteiger partial charge >= 0.3 is 5.97 Å². The monoisotopic (exact) mass is 286 g/mol. The van der Waals surface area contributed by atoms with E-state index in [2.05, 4.69) is 5.29 Å². The topological polar surface area (TPSA) is 79.2 Å². The lowest BCUT2D eigenvalue weighted by Crippen LogP contribution is -2.08. The number of anilines is 2. The maximum Gasteiger partial charge on any atom is 0.307 e. The molecule has 1 N–H and O–H groups in total. The smallest absolute Gasteiger partial charge is 0.307 e. The standard InChI is InChI=1S/C15H14N2O4/c1-21-14-8-6-13(7-9-14)17(16-20)12-4-2-11(3-5-12)10-15(18)19/h2-9H,10H2,1H3,(H,18,19). The number of methoxy groups -OCH3 is 1. The van der Waals surface area contributed by atoms with E-state index in [-0.39, 0.29) is 6.42 Å². The zero-order valence-electron chi connectivity index (χ0n) is 11.4. The number of ether oxygens (including phenoxy) is 1. The predicted octanol–water partition coefficient (Wildman–Crippen LogP) is 3.14. The van der Waals surface area contributed by atoms with Crippen LogP contribution < -0.4 is 9.75 Å². The molecule has 0 atom stereocenters. The Morgan fingerprint density at radius 2 is 1.62 bits per heavy atom. The second-order valence-corrected chi connectivity index (χ2v) is 4.33. The van der Waals surface area contributed by atoms with Gasteiger partial charge in [0.1, 0.15) is 5.75 Å². The van der Waals surface area contributed by atoms with Gasteiger partial charge in [0.2, 0.25) is 0 Å². The van der Waals surface area contributed by atoms with E-state index in [0.29, 0.717) is 22.7 Å². The van der Waals surface area contributed by atoms with Gasteiger partial charge in [0, 0.05) is 0 Å². The Bertz CT molecular complexity index is 623. The number of aliphatic carboxylic acids is 1. The molecular formula is C15H14N2O4. The van der Waals surface area contributed by atoms with Crippen molar-refractivity contribution in [2.24, 2.45) is 5.29 Å². The highest BCUT2D eigenvalue weighted by Gasteiger charge is 2.10. The molecule has 0 aliphatic carbocycles. The van der Waals surface area contributed by atoms with Crippen molar-refractivity contribution in [1.82, 2.24) is 0 Å². The van der Waals surface area contributed by atoms with Gasteiger partial charge in [-0.2, -0.15) is 5.01 Å². The fourth-order valence-corrected chi connectivity index (χ4v) is 1.90. The van der Waals surface area contributed by atoms with E-state index < -0.39 is 5.97 Å². The van der Waals surface area contributed by atoms with Gasteiger partial charge < -0.3 is 9.84 Å². The molecule has 0 saturated heterocycles. The van der Waals surface area contributed by atoms with E-state index in [0.717, 1.165) is 0 Å².